The van der Waals surface area contributed by atoms with Crippen molar-refractivity contribution in [3.63, 3.8) is 0 Å². The van der Waals surface area contributed by atoms with Crippen molar-refractivity contribution in [2.24, 2.45) is 0 Å². The molecule has 1 aromatic carbocycles. The lowest BCUT2D eigenvalue weighted by molar-refractivity contribution is -0.140. The Labute approximate surface area is 109 Å². The third kappa shape index (κ3) is 3.54. The molecule has 100 valence electrons. The summed E-state index contributed by atoms with van der Waals surface area (Å²) >= 11 is 0. The van der Waals surface area contributed by atoms with Crippen molar-refractivity contribution in [1.82, 2.24) is 5.32 Å². The van der Waals surface area contributed by atoms with E-state index in [2.05, 4.69) is 10.6 Å². The minimum Gasteiger partial charge on any atom is -0.481 e. The van der Waals surface area contributed by atoms with Crippen LogP contribution in [-0.4, -0.2) is 29.4 Å². The molecule has 1 heterocycles. The number of amides is 2. The Hall–Kier alpha value is -2.37. The number of carbonyl (C=O) groups excluding carboxylic acids is 2. The summed E-state index contributed by atoms with van der Waals surface area (Å²) in [4.78, 5) is 32.6. The number of anilines is 1. The maximum Gasteiger partial charge on any atom is 0.312 e. The summed E-state index contributed by atoms with van der Waals surface area (Å²) in [5.74, 6) is -1.65. The largest absolute Gasteiger partial charge is 0.481 e. The number of hydrogen-bond donors (Lipinski definition) is 3. The summed E-state index contributed by atoms with van der Waals surface area (Å²) in [6, 6.07) is 5.65. The molecule has 2 rings (SSSR count). The van der Waals surface area contributed by atoms with Crippen molar-refractivity contribution in [1.29, 1.82) is 0 Å². The molecule has 2 amide bonds. The van der Waals surface area contributed by atoms with E-state index in [-0.39, 0.29) is 5.91 Å². The topological polar surface area (TPSA) is 95.5 Å². The predicted molar refractivity (Wildman–Crippen MR) is 67.7 cm³/mol. The van der Waals surface area contributed by atoms with E-state index in [1.807, 2.05) is 18.2 Å². The van der Waals surface area contributed by atoms with E-state index in [0.717, 1.165) is 16.8 Å². The molecule has 3 N–H and O–H groups in total. The molecule has 6 heteroatoms. The van der Waals surface area contributed by atoms with Gasteiger partial charge in [0.1, 0.15) is 6.42 Å². The van der Waals surface area contributed by atoms with Crippen LogP contribution in [0.4, 0.5) is 5.69 Å². The lowest BCUT2D eigenvalue weighted by atomic mass is 10.1. The molecule has 0 aliphatic carbocycles. The number of carboxylic acid groups (broad SMARTS) is 1. The second-order valence-corrected chi connectivity index (χ2v) is 4.39. The normalized spacial score (nSPS) is 12.7. The Morgan fingerprint density at radius 2 is 2.16 bits per heavy atom. The van der Waals surface area contributed by atoms with Crippen LogP contribution >= 0.6 is 0 Å². The van der Waals surface area contributed by atoms with Crippen LogP contribution < -0.4 is 10.6 Å². The average molecular weight is 262 g/mol. The molecule has 0 aromatic heterocycles. The molecule has 0 spiro atoms. The molecule has 19 heavy (non-hydrogen) atoms. The van der Waals surface area contributed by atoms with Gasteiger partial charge in [-0.1, -0.05) is 12.1 Å². The molecule has 1 aromatic rings. The molecule has 0 fully saturated rings. The molecular formula is C13H14N2O4. The minimum atomic E-state index is -1.14. The van der Waals surface area contributed by atoms with Crippen LogP contribution in [0.2, 0.25) is 0 Å². The van der Waals surface area contributed by atoms with Gasteiger partial charge in [-0.3, -0.25) is 14.4 Å². The molecule has 6 nitrogen and oxygen atoms in total. The van der Waals surface area contributed by atoms with E-state index in [0.29, 0.717) is 19.4 Å². The fourth-order valence-electron chi connectivity index (χ4n) is 1.98. The highest BCUT2D eigenvalue weighted by molar-refractivity contribution is 5.99. The summed E-state index contributed by atoms with van der Waals surface area (Å²) in [6.45, 7) is 0.381. The first kappa shape index (κ1) is 13.1. The number of carbonyl (C=O) groups is 3. The summed E-state index contributed by atoms with van der Waals surface area (Å²) in [5.41, 5.74) is 2.80. The number of hydrogen-bond acceptors (Lipinski definition) is 3. The van der Waals surface area contributed by atoms with E-state index in [1.54, 1.807) is 0 Å². The number of fused-ring (bicyclic) bond motifs is 1. The zero-order chi connectivity index (χ0) is 13.8. The van der Waals surface area contributed by atoms with E-state index >= 15 is 0 Å². The summed E-state index contributed by atoms with van der Waals surface area (Å²) in [6.07, 6.45) is 0.476. The molecule has 0 radical (unpaired) electrons. The quantitative estimate of drug-likeness (QED) is 0.666. The Morgan fingerprint density at radius 3 is 2.89 bits per heavy atom. The van der Waals surface area contributed by atoms with Crippen molar-refractivity contribution in [2.75, 3.05) is 11.9 Å². The van der Waals surface area contributed by atoms with Gasteiger partial charge in [0, 0.05) is 12.2 Å². The first-order valence-corrected chi connectivity index (χ1v) is 5.95. The van der Waals surface area contributed by atoms with Crippen molar-refractivity contribution in [3.8, 4) is 0 Å². The standard InChI is InChI=1S/C13H14N2O4/c16-11(7-13(18)19)14-4-3-8-1-2-10-9(5-8)6-12(17)15-10/h1-2,5H,3-4,6-7H2,(H,14,16)(H,15,17)(H,18,19). The van der Waals surface area contributed by atoms with Gasteiger partial charge >= 0.3 is 5.97 Å². The first-order valence-electron chi connectivity index (χ1n) is 5.95. The predicted octanol–water partition coefficient (Wildman–Crippen LogP) is 0.315. The zero-order valence-corrected chi connectivity index (χ0v) is 10.2. The number of carboxylic acids is 1. The zero-order valence-electron chi connectivity index (χ0n) is 10.2. The van der Waals surface area contributed by atoms with Gasteiger partial charge in [0.25, 0.3) is 0 Å². The average Bonchev–Trinajstić information content (AvgIpc) is 2.67. The highest BCUT2D eigenvalue weighted by Gasteiger charge is 2.17. The highest BCUT2D eigenvalue weighted by atomic mass is 16.4. The van der Waals surface area contributed by atoms with Gasteiger partial charge in [-0.15, -0.1) is 0 Å². The van der Waals surface area contributed by atoms with Gasteiger partial charge < -0.3 is 15.7 Å². The lowest BCUT2D eigenvalue weighted by Crippen LogP contribution is -2.27. The molecule has 1 aliphatic rings. The van der Waals surface area contributed by atoms with E-state index in [9.17, 15) is 14.4 Å². The van der Waals surface area contributed by atoms with Crippen LogP contribution in [0.1, 0.15) is 17.5 Å². The fourth-order valence-corrected chi connectivity index (χ4v) is 1.98. The molecule has 0 unspecified atom stereocenters. The van der Waals surface area contributed by atoms with Crippen molar-refractivity contribution < 1.29 is 19.5 Å². The van der Waals surface area contributed by atoms with Gasteiger partial charge in [0.2, 0.25) is 11.8 Å². The van der Waals surface area contributed by atoms with Crippen molar-refractivity contribution in [2.45, 2.75) is 19.3 Å². The Balaban J connectivity index is 1.84. The van der Waals surface area contributed by atoms with E-state index in [4.69, 9.17) is 5.11 Å². The first-order chi connectivity index (χ1) is 9.04. The number of nitrogens with one attached hydrogen (secondary N) is 2. The van der Waals surface area contributed by atoms with Crippen LogP contribution in [0.3, 0.4) is 0 Å². The van der Waals surface area contributed by atoms with Crippen LogP contribution in [0, 0.1) is 0 Å². The highest BCUT2D eigenvalue weighted by Crippen LogP contribution is 2.23. The molecule has 0 bridgehead atoms. The van der Waals surface area contributed by atoms with Gasteiger partial charge in [0.05, 0.1) is 6.42 Å². The fraction of sp³-hybridized carbons (Fsp3) is 0.308. The van der Waals surface area contributed by atoms with Gasteiger partial charge in [-0.2, -0.15) is 0 Å². The lowest BCUT2D eigenvalue weighted by Gasteiger charge is -2.05. The van der Waals surface area contributed by atoms with Crippen LogP contribution in [-0.2, 0) is 27.2 Å². The van der Waals surface area contributed by atoms with Crippen molar-refractivity contribution >= 4 is 23.5 Å². The smallest absolute Gasteiger partial charge is 0.312 e. The van der Waals surface area contributed by atoms with Crippen LogP contribution in [0.5, 0.6) is 0 Å². The Kier molecular flexibility index (Phi) is 3.79. The van der Waals surface area contributed by atoms with Gasteiger partial charge in [-0.25, -0.2) is 0 Å². The molecule has 0 atom stereocenters. The second-order valence-electron chi connectivity index (χ2n) is 4.39. The Morgan fingerprint density at radius 1 is 1.37 bits per heavy atom. The second kappa shape index (κ2) is 5.51. The maximum atomic E-state index is 11.2. The molecule has 0 saturated heterocycles. The van der Waals surface area contributed by atoms with Crippen LogP contribution in [0.15, 0.2) is 18.2 Å². The minimum absolute atomic E-state index is 0.0121. The summed E-state index contributed by atoms with van der Waals surface area (Å²) in [7, 11) is 0. The van der Waals surface area contributed by atoms with Gasteiger partial charge in [0.15, 0.2) is 0 Å². The van der Waals surface area contributed by atoms with E-state index in [1.165, 1.54) is 0 Å². The third-order valence-electron chi connectivity index (χ3n) is 2.84. The monoisotopic (exact) mass is 262 g/mol. The molecular weight excluding hydrogens is 248 g/mol. The molecule has 0 saturated carbocycles. The maximum absolute atomic E-state index is 11.2. The summed E-state index contributed by atoms with van der Waals surface area (Å²) in [5, 5.41) is 13.7. The van der Waals surface area contributed by atoms with Gasteiger partial charge in [-0.05, 0) is 23.6 Å². The Bertz CT molecular complexity index is 539. The van der Waals surface area contributed by atoms with E-state index < -0.39 is 18.3 Å². The number of rotatable bonds is 5. The van der Waals surface area contributed by atoms with Crippen molar-refractivity contribution in [3.05, 3.63) is 29.3 Å². The summed E-state index contributed by atoms with van der Waals surface area (Å²) < 4.78 is 0. The number of aliphatic carboxylic acids is 1. The van der Waals surface area contributed by atoms with Crippen LogP contribution in [0.25, 0.3) is 0 Å². The molecule has 1 aliphatic heterocycles. The number of benzene rings is 1. The SMILES string of the molecule is O=C(O)CC(=O)NCCc1ccc2c(c1)CC(=O)N2. The third-order valence-corrected chi connectivity index (χ3v) is 2.84.